The highest BCUT2D eigenvalue weighted by atomic mass is 16.5. The van der Waals surface area contributed by atoms with Gasteiger partial charge in [-0.25, -0.2) is 14.8 Å². The van der Waals surface area contributed by atoms with Crippen LogP contribution in [0.1, 0.15) is 30.1 Å². The predicted octanol–water partition coefficient (Wildman–Crippen LogP) is 2.63. The molecule has 3 rings (SSSR count). The van der Waals surface area contributed by atoms with E-state index in [1.54, 1.807) is 31.2 Å². The molecule has 2 heterocycles. The normalized spacial score (nSPS) is 14.0. The number of hydrogen-bond acceptors (Lipinski definition) is 6. The van der Waals surface area contributed by atoms with Gasteiger partial charge in [-0.1, -0.05) is 0 Å². The Morgan fingerprint density at radius 1 is 1.26 bits per heavy atom. The fourth-order valence-electron chi connectivity index (χ4n) is 2.65. The number of benzene rings is 1. The van der Waals surface area contributed by atoms with E-state index in [9.17, 15) is 9.90 Å². The molecule has 1 saturated heterocycles. The average Bonchev–Trinajstić information content (AvgIpc) is 3.09. The Balaban J connectivity index is 2.01. The molecule has 1 N–H and O–H groups in total. The smallest absolute Gasteiger partial charge is 0.343 e. The van der Waals surface area contributed by atoms with Gasteiger partial charge in [-0.05, 0) is 44.0 Å². The summed E-state index contributed by atoms with van der Waals surface area (Å²) in [7, 11) is 0. The third-order valence-corrected chi connectivity index (χ3v) is 3.80. The number of ether oxygens (including phenoxy) is 1. The standard InChI is InChI=1S/C17H19N3O3/c1-2-23-17(22)14-11-18-15(12-5-7-13(21)8-6-12)19-16(14)20-9-3-4-10-20/h5-8,11,21H,2-4,9-10H2,1H3. The van der Waals surface area contributed by atoms with Crippen molar-refractivity contribution < 1.29 is 14.6 Å². The summed E-state index contributed by atoms with van der Waals surface area (Å²) in [5.41, 5.74) is 1.19. The van der Waals surface area contributed by atoms with E-state index in [1.165, 1.54) is 6.20 Å². The molecule has 0 aliphatic carbocycles. The second-order valence-corrected chi connectivity index (χ2v) is 5.39. The maximum absolute atomic E-state index is 12.2. The van der Waals surface area contributed by atoms with E-state index in [2.05, 4.69) is 14.9 Å². The zero-order chi connectivity index (χ0) is 16.2. The zero-order valence-corrected chi connectivity index (χ0v) is 13.0. The molecular formula is C17H19N3O3. The van der Waals surface area contributed by atoms with Crippen LogP contribution in [0.25, 0.3) is 11.4 Å². The van der Waals surface area contributed by atoms with E-state index in [1.807, 2.05) is 0 Å². The van der Waals surface area contributed by atoms with Gasteiger partial charge >= 0.3 is 5.97 Å². The molecule has 1 aliphatic heterocycles. The third kappa shape index (κ3) is 3.26. The number of phenolic OH excluding ortho intramolecular Hbond substituents is 1. The number of carbonyl (C=O) groups excluding carboxylic acids is 1. The molecule has 0 radical (unpaired) electrons. The first-order valence-corrected chi connectivity index (χ1v) is 7.77. The van der Waals surface area contributed by atoms with Gasteiger partial charge in [-0.15, -0.1) is 0 Å². The van der Waals surface area contributed by atoms with Crippen LogP contribution in [0.3, 0.4) is 0 Å². The third-order valence-electron chi connectivity index (χ3n) is 3.80. The summed E-state index contributed by atoms with van der Waals surface area (Å²) < 4.78 is 5.11. The lowest BCUT2D eigenvalue weighted by Crippen LogP contribution is -2.23. The molecule has 1 aromatic carbocycles. The van der Waals surface area contributed by atoms with Crippen LogP contribution in [0.2, 0.25) is 0 Å². The zero-order valence-electron chi connectivity index (χ0n) is 13.0. The molecule has 23 heavy (non-hydrogen) atoms. The first-order valence-electron chi connectivity index (χ1n) is 7.77. The van der Waals surface area contributed by atoms with Crippen molar-refractivity contribution in [3.8, 4) is 17.1 Å². The topological polar surface area (TPSA) is 75.5 Å². The van der Waals surface area contributed by atoms with Crippen molar-refractivity contribution in [1.82, 2.24) is 9.97 Å². The largest absolute Gasteiger partial charge is 0.508 e. The minimum atomic E-state index is -0.397. The molecule has 0 spiro atoms. The summed E-state index contributed by atoms with van der Waals surface area (Å²) in [6.45, 7) is 3.84. The minimum absolute atomic E-state index is 0.191. The van der Waals surface area contributed by atoms with Crippen molar-refractivity contribution in [2.24, 2.45) is 0 Å². The van der Waals surface area contributed by atoms with Crippen molar-refractivity contribution in [3.63, 3.8) is 0 Å². The van der Waals surface area contributed by atoms with Gasteiger partial charge in [0.2, 0.25) is 0 Å². The molecule has 6 nitrogen and oxygen atoms in total. The van der Waals surface area contributed by atoms with Crippen molar-refractivity contribution in [2.75, 3.05) is 24.6 Å². The van der Waals surface area contributed by atoms with E-state index < -0.39 is 5.97 Å². The molecule has 0 saturated carbocycles. The Kier molecular flexibility index (Phi) is 4.41. The summed E-state index contributed by atoms with van der Waals surface area (Å²) in [6, 6.07) is 6.69. The van der Waals surface area contributed by atoms with Crippen LogP contribution in [0, 0.1) is 0 Å². The molecule has 0 amide bonds. The van der Waals surface area contributed by atoms with E-state index in [0.29, 0.717) is 23.8 Å². The van der Waals surface area contributed by atoms with Crippen LogP contribution in [0.4, 0.5) is 5.82 Å². The van der Waals surface area contributed by atoms with Gasteiger partial charge in [-0.2, -0.15) is 0 Å². The summed E-state index contributed by atoms with van der Waals surface area (Å²) in [4.78, 5) is 23.1. The predicted molar refractivity (Wildman–Crippen MR) is 86.5 cm³/mol. The Morgan fingerprint density at radius 2 is 1.96 bits per heavy atom. The maximum Gasteiger partial charge on any atom is 0.343 e. The van der Waals surface area contributed by atoms with Crippen LogP contribution in [0.15, 0.2) is 30.5 Å². The quantitative estimate of drug-likeness (QED) is 0.875. The number of anilines is 1. The Labute approximate surface area is 134 Å². The lowest BCUT2D eigenvalue weighted by Gasteiger charge is -2.19. The number of carbonyl (C=O) groups is 1. The summed E-state index contributed by atoms with van der Waals surface area (Å²) in [5, 5.41) is 9.40. The van der Waals surface area contributed by atoms with E-state index in [-0.39, 0.29) is 5.75 Å². The van der Waals surface area contributed by atoms with Crippen molar-refractivity contribution in [3.05, 3.63) is 36.0 Å². The number of aromatic hydroxyl groups is 1. The highest BCUT2D eigenvalue weighted by Gasteiger charge is 2.23. The summed E-state index contributed by atoms with van der Waals surface area (Å²) in [5.74, 6) is 0.947. The van der Waals surface area contributed by atoms with E-state index >= 15 is 0 Å². The van der Waals surface area contributed by atoms with Gasteiger partial charge in [0.15, 0.2) is 5.82 Å². The number of esters is 1. The second-order valence-electron chi connectivity index (χ2n) is 5.39. The number of aromatic nitrogens is 2. The first kappa shape index (κ1) is 15.3. The molecule has 0 unspecified atom stereocenters. The molecule has 2 aromatic rings. The van der Waals surface area contributed by atoms with Gasteiger partial charge in [-0.3, -0.25) is 0 Å². The summed E-state index contributed by atoms with van der Waals surface area (Å²) in [6.07, 6.45) is 3.70. The molecule has 1 fully saturated rings. The Hall–Kier alpha value is -2.63. The molecule has 1 aromatic heterocycles. The van der Waals surface area contributed by atoms with Crippen molar-refractivity contribution in [1.29, 1.82) is 0 Å². The van der Waals surface area contributed by atoms with Crippen LogP contribution in [-0.4, -0.2) is 40.7 Å². The Morgan fingerprint density at radius 3 is 2.61 bits per heavy atom. The molecule has 1 aliphatic rings. The van der Waals surface area contributed by atoms with E-state index in [0.717, 1.165) is 31.5 Å². The summed E-state index contributed by atoms with van der Waals surface area (Å²) >= 11 is 0. The molecule has 120 valence electrons. The van der Waals surface area contributed by atoms with Crippen LogP contribution >= 0.6 is 0 Å². The number of rotatable bonds is 4. The van der Waals surface area contributed by atoms with Gasteiger partial charge in [0, 0.05) is 24.8 Å². The fraction of sp³-hybridized carbons (Fsp3) is 0.353. The average molecular weight is 313 g/mol. The monoisotopic (exact) mass is 313 g/mol. The van der Waals surface area contributed by atoms with Crippen LogP contribution < -0.4 is 4.90 Å². The van der Waals surface area contributed by atoms with Crippen LogP contribution in [-0.2, 0) is 4.74 Å². The van der Waals surface area contributed by atoms with Gasteiger partial charge in [0.25, 0.3) is 0 Å². The number of hydrogen-bond donors (Lipinski definition) is 1. The minimum Gasteiger partial charge on any atom is -0.508 e. The molecule has 6 heteroatoms. The highest BCUT2D eigenvalue weighted by molar-refractivity contribution is 5.94. The van der Waals surface area contributed by atoms with Gasteiger partial charge in [0.05, 0.1) is 6.61 Å². The SMILES string of the molecule is CCOC(=O)c1cnc(-c2ccc(O)cc2)nc1N1CCCC1. The van der Waals surface area contributed by atoms with Crippen molar-refractivity contribution in [2.45, 2.75) is 19.8 Å². The molecule has 0 bridgehead atoms. The maximum atomic E-state index is 12.2. The number of nitrogens with zero attached hydrogens (tertiary/aromatic N) is 3. The highest BCUT2D eigenvalue weighted by Crippen LogP contribution is 2.26. The van der Waals surface area contributed by atoms with Gasteiger partial charge < -0.3 is 14.7 Å². The van der Waals surface area contributed by atoms with Crippen molar-refractivity contribution >= 4 is 11.8 Å². The Bertz CT molecular complexity index is 695. The molecule has 0 atom stereocenters. The second kappa shape index (κ2) is 6.64. The number of phenols is 1. The lowest BCUT2D eigenvalue weighted by atomic mass is 10.2. The fourth-order valence-corrected chi connectivity index (χ4v) is 2.65. The van der Waals surface area contributed by atoms with Crippen LogP contribution in [0.5, 0.6) is 5.75 Å². The first-order chi connectivity index (χ1) is 11.2. The lowest BCUT2D eigenvalue weighted by molar-refractivity contribution is 0.0526. The van der Waals surface area contributed by atoms with Gasteiger partial charge in [0.1, 0.15) is 17.1 Å². The van der Waals surface area contributed by atoms with E-state index in [4.69, 9.17) is 4.74 Å². The molecular weight excluding hydrogens is 294 g/mol.